The van der Waals surface area contributed by atoms with E-state index in [-0.39, 0.29) is 2.85 Å². The lowest BCUT2D eigenvalue weighted by Crippen LogP contribution is -1.38. The largest absolute Gasteiger partial charge is 1.00 e. The van der Waals surface area contributed by atoms with Crippen LogP contribution in [0.4, 0.5) is 0 Å². The van der Waals surface area contributed by atoms with Crippen molar-refractivity contribution < 1.29 is 17.2 Å². The summed E-state index contributed by atoms with van der Waals surface area (Å²) in [5.74, 6) is 0. The first-order valence-corrected chi connectivity index (χ1v) is 1.95. The minimum atomic E-state index is -3.13. The second kappa shape index (κ2) is 1.47. The summed E-state index contributed by atoms with van der Waals surface area (Å²) >= 11 is 0. The van der Waals surface area contributed by atoms with Gasteiger partial charge in [0, 0.05) is 0 Å². The van der Waals surface area contributed by atoms with Crippen LogP contribution in [-0.4, -0.2) is 9.79 Å². The van der Waals surface area contributed by atoms with E-state index in [1.807, 2.05) is 0 Å². The first-order chi connectivity index (χ1) is 1.73. The van der Waals surface area contributed by atoms with Crippen molar-refractivity contribution in [1.82, 2.24) is 0 Å². The van der Waals surface area contributed by atoms with Crippen molar-refractivity contribution in [3.63, 3.8) is 0 Å². The van der Waals surface area contributed by atoms with Crippen LogP contribution in [0.5, 0.6) is 0 Å². The van der Waals surface area contributed by atoms with Gasteiger partial charge in [-0.2, -0.15) is 0 Å². The lowest BCUT2D eigenvalue weighted by Gasteiger charge is -1.61. The zero-order valence-corrected chi connectivity index (χ0v) is 2.80. The van der Waals surface area contributed by atoms with Gasteiger partial charge in [-0.25, -0.2) is 0 Å². The number of hydrogen-bond acceptors (Lipinski definition) is 1. The Labute approximate surface area is 26.8 Å². The summed E-state index contributed by atoms with van der Waals surface area (Å²) in [6.45, 7) is 0. The maximum Gasteiger partial charge on any atom is 1.00 e. The van der Waals surface area contributed by atoms with Crippen LogP contribution in [0.2, 0.25) is 0 Å². The van der Waals surface area contributed by atoms with Crippen molar-refractivity contribution in [2.75, 3.05) is 0 Å². The second-order valence-corrected chi connectivity index (χ2v) is 0.848. The summed E-state index contributed by atoms with van der Waals surface area (Å²) in [6.07, 6.45) is 0. The Hall–Kier alpha value is 0.150. The van der Waals surface area contributed by atoms with Crippen molar-refractivity contribution in [1.29, 1.82) is 0 Å². The lowest BCUT2D eigenvalue weighted by atomic mass is 15.8. The Morgan fingerprint density at radius 3 is 1.75 bits per heavy atom. The molecule has 0 saturated heterocycles. The average molecular weight is 84.0 g/mol. The van der Waals surface area contributed by atoms with E-state index in [1.54, 1.807) is 0 Å². The third-order valence-corrected chi connectivity index (χ3v) is 0. The molecular weight excluding hydrogens is 79.0 g/mol. The van der Waals surface area contributed by atoms with E-state index in [9.17, 15) is 0 Å². The molecule has 26 valence electrons. The molecule has 0 atom stereocenters. The van der Waals surface area contributed by atoms with Gasteiger partial charge in [-0.3, -0.25) is 4.57 Å². The zero-order chi connectivity index (χ0) is 3.58. The molecule has 0 heterocycles. The molecule has 4 heavy (non-hydrogen) atoms. The summed E-state index contributed by atoms with van der Waals surface area (Å²) < 4.78 is 8.74. The topological polar surface area (TPSA) is 57.5 Å². The van der Waals surface area contributed by atoms with Gasteiger partial charge in [-0.05, 0) is 0 Å². The van der Waals surface area contributed by atoms with Crippen LogP contribution < -0.4 is 0 Å². The van der Waals surface area contributed by atoms with Crippen LogP contribution in [0.1, 0.15) is 2.85 Å². The van der Waals surface area contributed by atoms with Gasteiger partial charge in [0.25, 0.3) is 0 Å². The molecule has 0 aromatic carbocycles. The fourth-order valence-electron chi connectivity index (χ4n) is 0. The Kier molecular flexibility index (Phi) is 1.52. The molecule has 0 rings (SSSR count). The highest BCUT2D eigenvalue weighted by molar-refractivity contribution is 7.30. The van der Waals surface area contributed by atoms with Crippen LogP contribution in [0, 0.1) is 0 Å². The molecule has 0 radical (unpaired) electrons. The van der Waals surface area contributed by atoms with Crippen molar-refractivity contribution in [3.8, 4) is 0 Å². The predicted molar refractivity (Wildman–Crippen MR) is 15.7 cm³/mol. The third-order valence-electron chi connectivity index (χ3n) is 0. The predicted octanol–water partition coefficient (Wildman–Crippen LogP) is -0.414. The minimum Gasteiger partial charge on any atom is -0.326 e. The van der Waals surface area contributed by atoms with E-state index in [1.165, 1.54) is 0 Å². The van der Waals surface area contributed by atoms with Crippen LogP contribution in [-0.2, 0) is 4.57 Å². The number of rotatable bonds is 0. The maximum atomic E-state index is 8.74. The van der Waals surface area contributed by atoms with Gasteiger partial charge in [-0.15, -0.1) is 0 Å². The monoisotopic (exact) mass is 84.0 g/mol. The molecule has 0 unspecified atom stereocenters. The van der Waals surface area contributed by atoms with Crippen molar-refractivity contribution in [2.45, 2.75) is 0 Å². The normalized spacial score (nSPS) is 8.75. The molecule has 2 N–H and O–H groups in total. The van der Waals surface area contributed by atoms with Crippen molar-refractivity contribution >= 4 is 8.25 Å². The van der Waals surface area contributed by atoms with E-state index in [4.69, 9.17) is 14.4 Å². The van der Waals surface area contributed by atoms with Gasteiger partial charge in [0.2, 0.25) is 0 Å². The fourth-order valence-corrected chi connectivity index (χ4v) is 0. The molecular formula is H5O3P+2. The molecule has 0 aliphatic rings. The van der Waals surface area contributed by atoms with Crippen LogP contribution in [0.3, 0.4) is 0 Å². The summed E-state index contributed by atoms with van der Waals surface area (Å²) in [5.41, 5.74) is 0. The van der Waals surface area contributed by atoms with Crippen molar-refractivity contribution in [2.24, 2.45) is 0 Å². The minimum absolute atomic E-state index is 0. The molecule has 0 aliphatic heterocycles. The summed E-state index contributed by atoms with van der Waals surface area (Å²) in [6, 6.07) is 0. The van der Waals surface area contributed by atoms with Gasteiger partial charge < -0.3 is 9.79 Å². The third kappa shape index (κ3) is 126. The van der Waals surface area contributed by atoms with E-state index >= 15 is 0 Å². The first-order valence-electron chi connectivity index (χ1n) is 0.651. The van der Waals surface area contributed by atoms with Crippen LogP contribution in [0.15, 0.2) is 0 Å². The highest BCUT2D eigenvalue weighted by Gasteiger charge is 1.61. The summed E-state index contributed by atoms with van der Waals surface area (Å²) in [5, 5.41) is 0. The molecule has 0 fully saturated rings. The van der Waals surface area contributed by atoms with Gasteiger partial charge in [0.15, 0.2) is 0 Å². The fraction of sp³-hybridized carbons (Fsp3) is 0. The Bertz CT molecular complexity index is 31.8. The molecule has 0 amide bonds. The standard InChI is InChI=1S/H3O3P/c1-4(2)3/h4H,(H2,1,2,3)/p+2. The molecule has 4 heteroatoms. The first kappa shape index (κ1) is 4.15. The summed E-state index contributed by atoms with van der Waals surface area (Å²) in [7, 11) is -3.13. The lowest BCUT2D eigenvalue weighted by molar-refractivity contribution is 0.405. The maximum absolute atomic E-state index is 8.74. The zero-order valence-electron chi connectivity index (χ0n) is 3.80. The van der Waals surface area contributed by atoms with Crippen LogP contribution >= 0.6 is 8.25 Å². The highest BCUT2D eigenvalue weighted by Crippen LogP contribution is 1.98. The van der Waals surface area contributed by atoms with Gasteiger partial charge in [0.05, 0.1) is 0 Å². The van der Waals surface area contributed by atoms with Gasteiger partial charge in [0.1, 0.15) is 0 Å². The van der Waals surface area contributed by atoms with E-state index in [2.05, 4.69) is 0 Å². The molecule has 0 aliphatic carbocycles. The van der Waals surface area contributed by atoms with Crippen LogP contribution in [0.25, 0.3) is 0 Å². The Balaban J connectivity index is -0.0000000450. The average Bonchev–Trinajstić information content (AvgIpc) is 0.811. The Morgan fingerprint density at radius 1 is 1.75 bits per heavy atom. The molecule has 0 bridgehead atoms. The second-order valence-electron chi connectivity index (χ2n) is 0.283. The van der Waals surface area contributed by atoms with Gasteiger partial charge >= 0.3 is 11.1 Å². The quantitative estimate of drug-likeness (QED) is 0.392. The van der Waals surface area contributed by atoms with E-state index < -0.39 is 8.25 Å². The molecule has 0 aromatic heterocycles. The van der Waals surface area contributed by atoms with Crippen molar-refractivity contribution in [3.05, 3.63) is 0 Å². The Morgan fingerprint density at radius 2 is 1.75 bits per heavy atom. The molecule has 0 aromatic rings. The van der Waals surface area contributed by atoms with E-state index in [0.717, 1.165) is 0 Å². The highest BCUT2D eigenvalue weighted by atomic mass is 31.1. The molecule has 3 nitrogen and oxygen atoms in total. The summed E-state index contributed by atoms with van der Waals surface area (Å²) in [4.78, 5) is 14.3. The van der Waals surface area contributed by atoms with E-state index in [0.29, 0.717) is 0 Å². The van der Waals surface area contributed by atoms with Gasteiger partial charge in [-0.1, -0.05) is 0 Å². The molecule has 0 saturated carbocycles. The SMILES string of the molecule is O=[PH](O)O.[H+].[H+]. The smallest absolute Gasteiger partial charge is 0.326 e. The molecule has 0 spiro atoms. The number of hydrogen-bond donors (Lipinski definition) is 2.